The number of nitrogens with zero attached hydrogens (tertiary/aromatic N) is 2. The van der Waals surface area contributed by atoms with Gasteiger partial charge in [0.15, 0.2) is 0 Å². The van der Waals surface area contributed by atoms with Crippen LogP contribution < -0.4 is 16.4 Å². The van der Waals surface area contributed by atoms with E-state index in [4.69, 9.17) is 5.73 Å². The van der Waals surface area contributed by atoms with Crippen molar-refractivity contribution in [1.29, 1.82) is 0 Å². The molecular weight excluding hydrogens is 218 g/mol. The molecule has 94 valence electrons. The number of nitrogens with one attached hydrogen (secondary N) is 2. The summed E-state index contributed by atoms with van der Waals surface area (Å²) in [4.78, 5) is 19.3. The molecule has 0 radical (unpaired) electrons. The molecule has 0 saturated heterocycles. The molecule has 1 heterocycles. The third-order valence-corrected chi connectivity index (χ3v) is 2.02. The highest BCUT2D eigenvalue weighted by molar-refractivity contribution is 5.76. The van der Waals surface area contributed by atoms with Gasteiger partial charge >= 0.3 is 0 Å². The Morgan fingerprint density at radius 3 is 2.94 bits per heavy atom. The molecular formula is C11H19N5O. The van der Waals surface area contributed by atoms with Gasteiger partial charge in [-0.2, -0.15) is 4.98 Å². The van der Waals surface area contributed by atoms with E-state index in [1.165, 1.54) is 0 Å². The van der Waals surface area contributed by atoms with Gasteiger partial charge in [0.05, 0.1) is 0 Å². The van der Waals surface area contributed by atoms with Crippen LogP contribution in [0, 0.1) is 5.92 Å². The van der Waals surface area contributed by atoms with Crippen molar-refractivity contribution in [2.75, 3.05) is 24.1 Å². The minimum absolute atomic E-state index is 0.0232. The lowest BCUT2D eigenvalue weighted by atomic mass is 10.2. The molecule has 1 amide bonds. The van der Waals surface area contributed by atoms with E-state index in [0.29, 0.717) is 37.2 Å². The Balaban J connectivity index is 2.21. The molecule has 0 spiro atoms. The highest BCUT2D eigenvalue weighted by Gasteiger charge is 2.02. The highest BCUT2D eigenvalue weighted by Crippen LogP contribution is 2.00. The number of hydrogen-bond acceptors (Lipinski definition) is 5. The average molecular weight is 237 g/mol. The quantitative estimate of drug-likeness (QED) is 0.675. The van der Waals surface area contributed by atoms with E-state index in [0.717, 1.165) is 0 Å². The molecule has 0 aliphatic heterocycles. The Kier molecular flexibility index (Phi) is 5.19. The van der Waals surface area contributed by atoms with Gasteiger partial charge in [0.25, 0.3) is 0 Å². The zero-order valence-electron chi connectivity index (χ0n) is 10.2. The zero-order chi connectivity index (χ0) is 12.7. The van der Waals surface area contributed by atoms with Gasteiger partial charge in [-0.05, 0) is 12.0 Å². The Morgan fingerprint density at radius 2 is 2.29 bits per heavy atom. The Labute approximate surface area is 101 Å². The maximum Gasteiger partial charge on any atom is 0.224 e. The van der Waals surface area contributed by atoms with Gasteiger partial charge in [-0.1, -0.05) is 13.8 Å². The molecule has 4 N–H and O–H groups in total. The van der Waals surface area contributed by atoms with Crippen molar-refractivity contribution in [3.05, 3.63) is 12.3 Å². The first-order chi connectivity index (χ1) is 8.08. The Hall–Kier alpha value is -1.85. The zero-order valence-corrected chi connectivity index (χ0v) is 10.2. The molecule has 1 aromatic rings. The van der Waals surface area contributed by atoms with E-state index in [2.05, 4.69) is 34.4 Å². The highest BCUT2D eigenvalue weighted by atomic mass is 16.1. The fraction of sp³-hybridized carbons (Fsp3) is 0.545. The second-order valence-electron chi connectivity index (χ2n) is 4.18. The molecule has 0 fully saturated rings. The number of anilines is 2. The van der Waals surface area contributed by atoms with Crippen LogP contribution in [0.4, 0.5) is 11.8 Å². The summed E-state index contributed by atoms with van der Waals surface area (Å²) in [5.74, 6) is 1.34. The molecule has 0 aliphatic rings. The number of hydrogen-bond donors (Lipinski definition) is 3. The minimum atomic E-state index is 0.0232. The second-order valence-corrected chi connectivity index (χ2v) is 4.18. The largest absolute Gasteiger partial charge is 0.384 e. The fourth-order valence-corrected chi connectivity index (χ4v) is 1.15. The predicted molar refractivity (Wildman–Crippen MR) is 67.4 cm³/mol. The van der Waals surface area contributed by atoms with Crippen molar-refractivity contribution >= 4 is 17.7 Å². The summed E-state index contributed by atoms with van der Waals surface area (Å²) >= 11 is 0. The van der Waals surface area contributed by atoms with Gasteiger partial charge in [0, 0.05) is 25.7 Å². The molecule has 0 aliphatic carbocycles. The summed E-state index contributed by atoms with van der Waals surface area (Å²) in [5, 5.41) is 5.78. The van der Waals surface area contributed by atoms with E-state index in [-0.39, 0.29) is 5.91 Å². The van der Waals surface area contributed by atoms with Crippen molar-refractivity contribution in [2.24, 2.45) is 5.92 Å². The molecule has 0 bridgehead atoms. The van der Waals surface area contributed by atoms with Gasteiger partial charge in [-0.3, -0.25) is 4.79 Å². The van der Waals surface area contributed by atoms with E-state index < -0.39 is 0 Å². The summed E-state index contributed by atoms with van der Waals surface area (Å²) in [6.07, 6.45) is 1.97. The Bertz CT molecular complexity index is 367. The van der Waals surface area contributed by atoms with Gasteiger partial charge in [-0.15, -0.1) is 0 Å². The second kappa shape index (κ2) is 6.67. The molecule has 0 aromatic carbocycles. The standard InChI is InChI=1S/C11H19N5O/c1-8(2)7-15-10(17)4-6-14-11-13-5-3-9(12)16-11/h3,5,8H,4,6-7H2,1-2H3,(H,15,17)(H3,12,13,14,16). The van der Waals surface area contributed by atoms with Crippen molar-refractivity contribution in [1.82, 2.24) is 15.3 Å². The molecule has 1 aromatic heterocycles. The number of nitrogens with two attached hydrogens (primary N) is 1. The predicted octanol–water partition coefficient (Wildman–Crippen LogP) is 0.633. The summed E-state index contributed by atoms with van der Waals surface area (Å²) in [6.45, 7) is 5.30. The van der Waals surface area contributed by atoms with Crippen LogP contribution >= 0.6 is 0 Å². The summed E-state index contributed by atoms with van der Waals surface area (Å²) in [6, 6.07) is 1.61. The molecule has 17 heavy (non-hydrogen) atoms. The van der Waals surface area contributed by atoms with E-state index in [1.54, 1.807) is 12.3 Å². The maximum absolute atomic E-state index is 11.4. The van der Waals surface area contributed by atoms with Crippen LogP contribution in [0.1, 0.15) is 20.3 Å². The van der Waals surface area contributed by atoms with E-state index in [1.807, 2.05) is 0 Å². The number of carbonyl (C=O) groups excluding carboxylic acids is 1. The summed E-state index contributed by atoms with van der Waals surface area (Å²) in [5.41, 5.74) is 5.50. The van der Waals surface area contributed by atoms with Crippen LogP contribution in [0.5, 0.6) is 0 Å². The first kappa shape index (κ1) is 13.2. The normalized spacial score (nSPS) is 10.3. The molecule has 1 rings (SSSR count). The van der Waals surface area contributed by atoms with Crippen LogP contribution in [-0.4, -0.2) is 29.0 Å². The van der Waals surface area contributed by atoms with Crippen LogP contribution in [0.2, 0.25) is 0 Å². The van der Waals surface area contributed by atoms with Crippen molar-refractivity contribution in [2.45, 2.75) is 20.3 Å². The average Bonchev–Trinajstić information content (AvgIpc) is 2.26. The number of nitrogen functional groups attached to an aromatic ring is 1. The van der Waals surface area contributed by atoms with Crippen LogP contribution in [0.3, 0.4) is 0 Å². The van der Waals surface area contributed by atoms with Crippen LogP contribution in [0.25, 0.3) is 0 Å². The molecule has 0 unspecified atom stereocenters. The summed E-state index contributed by atoms with van der Waals surface area (Å²) < 4.78 is 0. The van der Waals surface area contributed by atoms with E-state index >= 15 is 0 Å². The molecule has 6 nitrogen and oxygen atoms in total. The van der Waals surface area contributed by atoms with Crippen molar-refractivity contribution in [3.63, 3.8) is 0 Å². The number of aromatic nitrogens is 2. The summed E-state index contributed by atoms with van der Waals surface area (Å²) in [7, 11) is 0. The van der Waals surface area contributed by atoms with Gasteiger partial charge in [0.1, 0.15) is 5.82 Å². The first-order valence-electron chi connectivity index (χ1n) is 5.67. The SMILES string of the molecule is CC(C)CNC(=O)CCNc1nccc(N)n1. The molecule has 0 atom stereocenters. The van der Waals surface area contributed by atoms with Gasteiger partial charge < -0.3 is 16.4 Å². The third kappa shape index (κ3) is 5.70. The Morgan fingerprint density at radius 1 is 1.53 bits per heavy atom. The molecule has 0 saturated carbocycles. The lowest BCUT2D eigenvalue weighted by molar-refractivity contribution is -0.120. The fourth-order valence-electron chi connectivity index (χ4n) is 1.15. The lowest BCUT2D eigenvalue weighted by Crippen LogP contribution is -2.28. The van der Waals surface area contributed by atoms with Crippen molar-refractivity contribution in [3.8, 4) is 0 Å². The van der Waals surface area contributed by atoms with Crippen LogP contribution in [-0.2, 0) is 4.79 Å². The van der Waals surface area contributed by atoms with E-state index in [9.17, 15) is 4.79 Å². The number of rotatable bonds is 6. The number of amides is 1. The number of carbonyl (C=O) groups is 1. The lowest BCUT2D eigenvalue weighted by Gasteiger charge is -2.08. The van der Waals surface area contributed by atoms with Gasteiger partial charge in [0.2, 0.25) is 11.9 Å². The van der Waals surface area contributed by atoms with Crippen LogP contribution in [0.15, 0.2) is 12.3 Å². The van der Waals surface area contributed by atoms with Gasteiger partial charge in [-0.25, -0.2) is 4.98 Å². The monoisotopic (exact) mass is 237 g/mol. The minimum Gasteiger partial charge on any atom is -0.384 e. The molecule has 6 heteroatoms. The first-order valence-corrected chi connectivity index (χ1v) is 5.67. The smallest absolute Gasteiger partial charge is 0.224 e. The van der Waals surface area contributed by atoms with Crippen molar-refractivity contribution < 1.29 is 4.79 Å². The maximum atomic E-state index is 11.4. The third-order valence-electron chi connectivity index (χ3n) is 2.02. The topological polar surface area (TPSA) is 92.9 Å².